The maximum atomic E-state index is 12.0. The van der Waals surface area contributed by atoms with Crippen LogP contribution in [-0.2, 0) is 9.53 Å². The highest BCUT2D eigenvalue weighted by molar-refractivity contribution is 5.97. The molecule has 0 saturated heterocycles. The van der Waals surface area contributed by atoms with Gasteiger partial charge in [-0.3, -0.25) is 4.79 Å². The van der Waals surface area contributed by atoms with Crippen LogP contribution in [0.4, 0.5) is 4.79 Å². The Kier molecular flexibility index (Phi) is 24.4. The molecular weight excluding hydrogens is 502 g/mol. The number of aliphatic imine (C=N–C) groups is 2. The Balaban J connectivity index is 3.73. The Labute approximate surface area is 242 Å². The number of nitrogens with two attached hydrogens (primary N) is 2. The van der Waals surface area contributed by atoms with Gasteiger partial charge in [-0.15, -0.1) is 4.99 Å². The van der Waals surface area contributed by atoms with Crippen LogP contribution in [0.15, 0.2) is 82.9 Å². The predicted molar refractivity (Wildman–Crippen MR) is 169 cm³/mol. The topological polar surface area (TPSA) is 123 Å². The van der Waals surface area contributed by atoms with Gasteiger partial charge in [0.05, 0.1) is 6.61 Å². The first-order chi connectivity index (χ1) is 19.4. The fourth-order valence-corrected chi connectivity index (χ4v) is 3.14. The number of Topliss-reactive ketones (excluding diaryl/α,β-unsaturated/α-hetero) is 1. The van der Waals surface area contributed by atoms with Crippen molar-refractivity contribution in [3.63, 3.8) is 0 Å². The minimum atomic E-state index is -0.805. The van der Waals surface area contributed by atoms with Crippen LogP contribution in [0.1, 0.15) is 84.0 Å². The van der Waals surface area contributed by atoms with Crippen LogP contribution < -0.4 is 11.5 Å². The summed E-state index contributed by atoms with van der Waals surface area (Å²) in [6, 6.07) is 0. The highest BCUT2D eigenvalue weighted by Crippen LogP contribution is 2.06. The van der Waals surface area contributed by atoms with E-state index in [1.807, 2.05) is 0 Å². The first kappa shape index (κ1) is 36.3. The Morgan fingerprint density at radius 1 is 0.675 bits per heavy atom. The zero-order valence-corrected chi connectivity index (χ0v) is 24.8. The molecule has 0 aromatic rings. The van der Waals surface area contributed by atoms with E-state index in [0.29, 0.717) is 19.3 Å². The van der Waals surface area contributed by atoms with Crippen LogP contribution in [-0.4, -0.2) is 49.4 Å². The maximum absolute atomic E-state index is 12.0. The summed E-state index contributed by atoms with van der Waals surface area (Å²) in [5.41, 5.74) is 11.1. The number of rotatable bonds is 20. The van der Waals surface area contributed by atoms with Crippen molar-refractivity contribution in [2.75, 3.05) is 20.7 Å². The van der Waals surface area contributed by atoms with Crippen LogP contribution in [0.5, 0.6) is 0 Å². The molecule has 0 unspecified atom stereocenters. The lowest BCUT2D eigenvalue weighted by Gasteiger charge is -2.09. The van der Waals surface area contributed by atoms with Gasteiger partial charge in [0.25, 0.3) is 0 Å². The van der Waals surface area contributed by atoms with Gasteiger partial charge >= 0.3 is 6.09 Å². The normalized spacial score (nSPS) is 13.3. The molecule has 0 aromatic heterocycles. The number of unbranched alkanes of at least 4 members (excludes halogenated alkanes) is 2. The van der Waals surface area contributed by atoms with E-state index in [1.54, 1.807) is 19.0 Å². The maximum Gasteiger partial charge on any atom is 0.436 e. The van der Waals surface area contributed by atoms with E-state index in [-0.39, 0.29) is 24.3 Å². The van der Waals surface area contributed by atoms with E-state index < -0.39 is 6.09 Å². The average molecular weight is 554 g/mol. The summed E-state index contributed by atoms with van der Waals surface area (Å²) in [5, 5.41) is 0. The second-order valence-corrected chi connectivity index (χ2v) is 9.25. The van der Waals surface area contributed by atoms with Gasteiger partial charge in [-0.05, 0) is 64.2 Å². The molecule has 0 saturated carbocycles. The Hall–Kier alpha value is -3.68. The average Bonchev–Trinajstić information content (AvgIpc) is 2.91. The summed E-state index contributed by atoms with van der Waals surface area (Å²) in [6.45, 7) is 2.36. The summed E-state index contributed by atoms with van der Waals surface area (Å²) >= 11 is 0. The molecule has 0 aliphatic carbocycles. The lowest BCUT2D eigenvalue weighted by Crippen LogP contribution is -2.32. The van der Waals surface area contributed by atoms with Crippen LogP contribution >= 0.6 is 0 Å². The zero-order valence-electron chi connectivity index (χ0n) is 24.8. The summed E-state index contributed by atoms with van der Waals surface area (Å²) in [4.78, 5) is 32.4. The van der Waals surface area contributed by atoms with Crippen molar-refractivity contribution in [2.45, 2.75) is 84.0 Å². The highest BCUT2D eigenvalue weighted by Gasteiger charge is 2.04. The van der Waals surface area contributed by atoms with Crippen molar-refractivity contribution in [3.8, 4) is 0 Å². The summed E-state index contributed by atoms with van der Waals surface area (Å²) in [6.07, 6.45) is 35.2. The number of carbonyl (C=O) groups is 2. The Bertz CT molecular complexity index is 925. The van der Waals surface area contributed by atoms with E-state index in [1.165, 1.54) is 0 Å². The second kappa shape index (κ2) is 26.9. The molecule has 1 amide bonds. The predicted octanol–water partition coefficient (Wildman–Crippen LogP) is 6.92. The molecule has 0 aliphatic rings. The Morgan fingerprint density at radius 3 is 1.68 bits per heavy atom. The molecule has 0 aliphatic heterocycles. The summed E-state index contributed by atoms with van der Waals surface area (Å²) in [7, 11) is 3.39. The minimum Gasteiger partial charge on any atom is -0.448 e. The molecule has 0 radical (unpaired) electrons. The van der Waals surface area contributed by atoms with Crippen LogP contribution in [0.2, 0.25) is 0 Å². The van der Waals surface area contributed by atoms with E-state index in [0.717, 1.165) is 57.8 Å². The number of amides is 1. The number of ketones is 1. The molecule has 0 atom stereocenters. The fraction of sp³-hybridized carbons (Fsp3) is 0.500. The van der Waals surface area contributed by atoms with Crippen molar-refractivity contribution < 1.29 is 14.3 Å². The largest absolute Gasteiger partial charge is 0.448 e. The molecule has 0 bridgehead atoms. The highest BCUT2D eigenvalue weighted by atomic mass is 16.5. The number of carbonyl (C=O) groups excluding carboxylic acids is 2. The van der Waals surface area contributed by atoms with E-state index in [4.69, 9.17) is 16.2 Å². The number of hydrogen-bond acceptors (Lipinski definition) is 3. The molecule has 0 fully saturated rings. The third-order valence-electron chi connectivity index (χ3n) is 5.40. The van der Waals surface area contributed by atoms with Gasteiger partial charge in [0.1, 0.15) is 5.78 Å². The van der Waals surface area contributed by atoms with E-state index >= 15 is 0 Å². The van der Waals surface area contributed by atoms with Gasteiger partial charge in [-0.2, -0.15) is 4.99 Å². The van der Waals surface area contributed by atoms with E-state index in [9.17, 15) is 9.59 Å². The zero-order chi connectivity index (χ0) is 29.7. The number of guanidine groups is 2. The first-order valence-corrected chi connectivity index (χ1v) is 14.3. The Morgan fingerprint density at radius 2 is 1.18 bits per heavy atom. The van der Waals surface area contributed by atoms with Crippen LogP contribution in [0, 0.1) is 0 Å². The molecular formula is C32H51N5O3. The number of nitrogens with zero attached hydrogens (tertiary/aromatic N) is 3. The molecule has 4 N–H and O–H groups in total. The van der Waals surface area contributed by atoms with Gasteiger partial charge in [-0.1, -0.05) is 79.8 Å². The van der Waals surface area contributed by atoms with Crippen LogP contribution in [0.25, 0.3) is 0 Å². The molecule has 40 heavy (non-hydrogen) atoms. The molecule has 0 heterocycles. The first-order valence-electron chi connectivity index (χ1n) is 14.3. The minimum absolute atomic E-state index is 0.138. The monoisotopic (exact) mass is 553 g/mol. The lowest BCUT2D eigenvalue weighted by molar-refractivity contribution is -0.119. The molecule has 0 rings (SSSR count). The second-order valence-electron chi connectivity index (χ2n) is 9.25. The third-order valence-corrected chi connectivity index (χ3v) is 5.40. The smallest absolute Gasteiger partial charge is 0.436 e. The van der Waals surface area contributed by atoms with Crippen molar-refractivity contribution >= 4 is 23.8 Å². The molecule has 8 nitrogen and oxygen atoms in total. The van der Waals surface area contributed by atoms with Gasteiger partial charge in [-0.25, -0.2) is 4.79 Å². The SMILES string of the molecule is CC/C=C\C/C=C\C/C=C\C/C=C\C/C=C\C/C=C\CCC(=O)CCCCCOC(=O)N=C(N)N=C(N)N(C)C. The van der Waals surface area contributed by atoms with Crippen molar-refractivity contribution in [3.05, 3.63) is 72.9 Å². The van der Waals surface area contributed by atoms with Gasteiger partial charge in [0, 0.05) is 26.9 Å². The summed E-state index contributed by atoms with van der Waals surface area (Å²) in [5.74, 6) is 0.137. The standard InChI is InChI=1S/C32H51N5O3/c1-4-5-6-7-8-9-10-11-12-13-14-15-16-17-18-19-20-21-23-26-29(38)27-24-22-25-28-40-32(39)36-30(33)35-31(34)37(2)3/h5-6,8-9,11-12,14-15,17-18,20-21H,4,7,10,13,16,19,22-28H2,1-3H3,(H4,33,34,35,36,39)/b6-5-,9-8-,12-11-,15-14-,18-17-,21-20-. The molecule has 8 heteroatoms. The van der Waals surface area contributed by atoms with E-state index in [2.05, 4.69) is 89.8 Å². The lowest BCUT2D eigenvalue weighted by atomic mass is 10.1. The third kappa shape index (κ3) is 25.9. The van der Waals surface area contributed by atoms with Crippen molar-refractivity contribution in [2.24, 2.45) is 21.5 Å². The quantitative estimate of drug-likeness (QED) is 0.0730. The fourth-order valence-electron chi connectivity index (χ4n) is 3.14. The van der Waals surface area contributed by atoms with Gasteiger partial charge < -0.3 is 21.1 Å². The van der Waals surface area contributed by atoms with Crippen molar-refractivity contribution in [1.29, 1.82) is 0 Å². The molecule has 0 spiro atoms. The number of ether oxygens (including phenoxy) is 1. The number of hydrogen-bond donors (Lipinski definition) is 2. The van der Waals surface area contributed by atoms with Crippen LogP contribution in [0.3, 0.4) is 0 Å². The van der Waals surface area contributed by atoms with Gasteiger partial charge in [0.2, 0.25) is 5.96 Å². The summed E-state index contributed by atoms with van der Waals surface area (Å²) < 4.78 is 4.99. The molecule has 222 valence electrons. The van der Waals surface area contributed by atoms with Crippen molar-refractivity contribution in [1.82, 2.24) is 4.90 Å². The molecule has 0 aromatic carbocycles. The van der Waals surface area contributed by atoms with Gasteiger partial charge in [0.15, 0.2) is 5.96 Å². The number of allylic oxidation sites excluding steroid dienone is 12.